The van der Waals surface area contributed by atoms with E-state index in [-0.39, 0.29) is 11.7 Å². The fourth-order valence-electron chi connectivity index (χ4n) is 2.58. The predicted octanol–water partition coefficient (Wildman–Crippen LogP) is 0.841. The molecule has 0 saturated carbocycles. The number of hydrogen-bond donors (Lipinski definition) is 1. The quantitative estimate of drug-likeness (QED) is 0.863. The van der Waals surface area contributed by atoms with Crippen LogP contribution in [0.3, 0.4) is 0 Å². The summed E-state index contributed by atoms with van der Waals surface area (Å²) in [4.78, 5) is 2.40. The minimum absolute atomic E-state index is 0.122. The summed E-state index contributed by atoms with van der Waals surface area (Å²) in [5, 5.41) is 4.31. The Morgan fingerprint density at radius 1 is 1.56 bits per heavy atom. The van der Waals surface area contributed by atoms with E-state index in [1.807, 2.05) is 10.9 Å². The number of ether oxygens (including phenoxy) is 1. The first-order chi connectivity index (χ1) is 8.52. The molecule has 0 aliphatic carbocycles. The van der Waals surface area contributed by atoms with Gasteiger partial charge in [-0.15, -0.1) is 0 Å². The van der Waals surface area contributed by atoms with Crippen LogP contribution in [0.2, 0.25) is 0 Å². The molecule has 1 atom stereocenters. The van der Waals surface area contributed by atoms with Gasteiger partial charge >= 0.3 is 0 Å². The van der Waals surface area contributed by atoms with E-state index < -0.39 is 0 Å². The highest BCUT2D eigenvalue weighted by Crippen LogP contribution is 2.21. The van der Waals surface area contributed by atoms with Gasteiger partial charge in [0, 0.05) is 44.5 Å². The highest BCUT2D eigenvalue weighted by atomic mass is 16.5. The van der Waals surface area contributed by atoms with Crippen LogP contribution in [0.25, 0.3) is 0 Å². The van der Waals surface area contributed by atoms with Crippen molar-refractivity contribution in [3.63, 3.8) is 0 Å². The van der Waals surface area contributed by atoms with Gasteiger partial charge in [0.15, 0.2) is 0 Å². The summed E-state index contributed by atoms with van der Waals surface area (Å²) in [7, 11) is 0. The molecule has 1 aliphatic rings. The number of aryl methyl sites for hydroxylation is 1. The zero-order chi connectivity index (χ0) is 13.2. The van der Waals surface area contributed by atoms with Gasteiger partial charge in [0.05, 0.1) is 17.9 Å². The molecule has 18 heavy (non-hydrogen) atoms. The SMILES string of the molecule is CCn1cc(CN2CC(CN)OC(C)(C)C2)cn1. The average Bonchev–Trinajstić information content (AvgIpc) is 2.74. The van der Waals surface area contributed by atoms with Crippen molar-refractivity contribution in [1.29, 1.82) is 0 Å². The molecule has 1 aromatic rings. The zero-order valence-electron chi connectivity index (χ0n) is 11.6. The molecule has 0 radical (unpaired) electrons. The molecule has 5 heteroatoms. The zero-order valence-corrected chi connectivity index (χ0v) is 11.6. The molecule has 0 bridgehead atoms. The molecule has 1 fully saturated rings. The third-order valence-electron chi connectivity index (χ3n) is 3.23. The van der Waals surface area contributed by atoms with Crippen molar-refractivity contribution in [3.05, 3.63) is 18.0 Å². The van der Waals surface area contributed by atoms with Crippen molar-refractivity contribution in [1.82, 2.24) is 14.7 Å². The first-order valence-electron chi connectivity index (χ1n) is 6.64. The Bertz CT molecular complexity index is 388. The summed E-state index contributed by atoms with van der Waals surface area (Å²) in [6.07, 6.45) is 4.19. The fraction of sp³-hybridized carbons (Fsp3) is 0.769. The van der Waals surface area contributed by atoms with E-state index >= 15 is 0 Å². The number of nitrogens with zero attached hydrogens (tertiary/aromatic N) is 3. The van der Waals surface area contributed by atoms with Crippen LogP contribution < -0.4 is 5.73 Å². The standard InChI is InChI=1S/C13H24N4O/c1-4-17-8-11(6-15-17)7-16-9-12(5-14)18-13(2,3)10-16/h6,8,12H,4-5,7,9-10,14H2,1-3H3. The second kappa shape index (κ2) is 5.38. The maximum Gasteiger partial charge on any atom is 0.0831 e. The van der Waals surface area contributed by atoms with Gasteiger partial charge in [-0.1, -0.05) is 0 Å². The molecule has 5 nitrogen and oxygen atoms in total. The van der Waals surface area contributed by atoms with Crippen LogP contribution in [0, 0.1) is 0 Å². The van der Waals surface area contributed by atoms with E-state index in [0.29, 0.717) is 6.54 Å². The Balaban J connectivity index is 1.99. The van der Waals surface area contributed by atoms with E-state index in [1.165, 1.54) is 5.56 Å². The lowest BCUT2D eigenvalue weighted by Crippen LogP contribution is -2.54. The lowest BCUT2D eigenvalue weighted by molar-refractivity contribution is -0.133. The molecular weight excluding hydrogens is 228 g/mol. The van der Waals surface area contributed by atoms with Crippen molar-refractivity contribution in [2.24, 2.45) is 5.73 Å². The Morgan fingerprint density at radius 2 is 2.33 bits per heavy atom. The molecule has 1 saturated heterocycles. The summed E-state index contributed by atoms with van der Waals surface area (Å²) in [6.45, 7) is 10.6. The van der Waals surface area contributed by atoms with E-state index in [2.05, 4.69) is 37.0 Å². The summed E-state index contributed by atoms with van der Waals surface area (Å²) in [5.41, 5.74) is 6.87. The minimum atomic E-state index is -0.122. The lowest BCUT2D eigenvalue weighted by Gasteiger charge is -2.42. The first kappa shape index (κ1) is 13.5. The molecule has 2 N–H and O–H groups in total. The largest absolute Gasteiger partial charge is 0.368 e. The molecule has 2 rings (SSSR count). The van der Waals surface area contributed by atoms with Gasteiger partial charge in [-0.05, 0) is 20.8 Å². The van der Waals surface area contributed by atoms with E-state index in [1.54, 1.807) is 0 Å². The average molecular weight is 252 g/mol. The van der Waals surface area contributed by atoms with Crippen LogP contribution in [0.5, 0.6) is 0 Å². The van der Waals surface area contributed by atoms with Crippen molar-refractivity contribution >= 4 is 0 Å². The van der Waals surface area contributed by atoms with Crippen molar-refractivity contribution < 1.29 is 4.74 Å². The molecule has 102 valence electrons. The predicted molar refractivity (Wildman–Crippen MR) is 71.2 cm³/mol. The Kier molecular flexibility index (Phi) is 4.04. The summed E-state index contributed by atoms with van der Waals surface area (Å²) in [6, 6.07) is 0. The number of hydrogen-bond acceptors (Lipinski definition) is 4. The van der Waals surface area contributed by atoms with E-state index in [4.69, 9.17) is 10.5 Å². The highest BCUT2D eigenvalue weighted by Gasteiger charge is 2.32. The molecule has 1 aliphatic heterocycles. The van der Waals surface area contributed by atoms with Crippen molar-refractivity contribution in [2.75, 3.05) is 19.6 Å². The van der Waals surface area contributed by atoms with Gasteiger partial charge < -0.3 is 10.5 Å². The second-order valence-electron chi connectivity index (χ2n) is 5.61. The monoisotopic (exact) mass is 252 g/mol. The van der Waals surface area contributed by atoms with Gasteiger partial charge in [0.1, 0.15) is 0 Å². The smallest absolute Gasteiger partial charge is 0.0831 e. The van der Waals surface area contributed by atoms with Gasteiger partial charge in [0.25, 0.3) is 0 Å². The highest BCUT2D eigenvalue weighted by molar-refractivity contribution is 5.04. The number of aromatic nitrogens is 2. The van der Waals surface area contributed by atoms with Crippen LogP contribution in [0.4, 0.5) is 0 Å². The van der Waals surface area contributed by atoms with Crippen LogP contribution in [0.1, 0.15) is 26.3 Å². The topological polar surface area (TPSA) is 56.3 Å². The third kappa shape index (κ3) is 3.31. The molecule has 2 heterocycles. The Hall–Kier alpha value is -0.910. The van der Waals surface area contributed by atoms with Crippen molar-refractivity contribution in [2.45, 2.75) is 45.6 Å². The van der Waals surface area contributed by atoms with Gasteiger partial charge in [-0.25, -0.2) is 0 Å². The maximum atomic E-state index is 5.93. The van der Waals surface area contributed by atoms with Gasteiger partial charge in [-0.3, -0.25) is 9.58 Å². The Morgan fingerprint density at radius 3 is 2.94 bits per heavy atom. The normalized spacial score (nSPS) is 24.3. The van der Waals surface area contributed by atoms with E-state index in [0.717, 1.165) is 26.2 Å². The summed E-state index contributed by atoms with van der Waals surface area (Å²) >= 11 is 0. The maximum absolute atomic E-state index is 5.93. The second-order valence-corrected chi connectivity index (χ2v) is 5.61. The van der Waals surface area contributed by atoms with E-state index in [9.17, 15) is 0 Å². The first-order valence-corrected chi connectivity index (χ1v) is 6.64. The van der Waals surface area contributed by atoms with Crippen LogP contribution in [-0.4, -0.2) is 46.0 Å². The van der Waals surface area contributed by atoms with Gasteiger partial charge in [0.2, 0.25) is 0 Å². The summed E-state index contributed by atoms with van der Waals surface area (Å²) in [5.74, 6) is 0. The molecule has 0 aromatic carbocycles. The molecular formula is C13H24N4O. The van der Waals surface area contributed by atoms with Crippen LogP contribution in [-0.2, 0) is 17.8 Å². The Labute approximate surface area is 109 Å². The fourth-order valence-corrected chi connectivity index (χ4v) is 2.58. The summed E-state index contributed by atoms with van der Waals surface area (Å²) < 4.78 is 7.89. The lowest BCUT2D eigenvalue weighted by atomic mass is 10.0. The number of rotatable bonds is 4. The number of morpholine rings is 1. The van der Waals surface area contributed by atoms with Gasteiger partial charge in [-0.2, -0.15) is 5.10 Å². The third-order valence-corrected chi connectivity index (χ3v) is 3.23. The minimum Gasteiger partial charge on any atom is -0.368 e. The molecule has 0 amide bonds. The number of nitrogens with two attached hydrogens (primary N) is 1. The van der Waals surface area contributed by atoms with Crippen LogP contribution >= 0.6 is 0 Å². The molecule has 1 aromatic heterocycles. The molecule has 0 spiro atoms. The molecule has 1 unspecified atom stereocenters. The van der Waals surface area contributed by atoms with Crippen molar-refractivity contribution in [3.8, 4) is 0 Å². The van der Waals surface area contributed by atoms with Crippen LogP contribution in [0.15, 0.2) is 12.4 Å².